The maximum Gasteiger partial charge on any atom is 0.136 e. The molecule has 4 nitrogen and oxygen atoms in total. The Labute approximate surface area is 177 Å². The van der Waals surface area contributed by atoms with E-state index in [1.807, 2.05) is 53.9 Å². The number of hydrogen-bond acceptors (Lipinski definition) is 5. The highest BCUT2D eigenvalue weighted by Gasteiger charge is 2.09. The molecular weight excluding hydrogens is 434 g/mol. The molecule has 28 heavy (non-hydrogen) atoms. The van der Waals surface area contributed by atoms with Crippen molar-refractivity contribution in [3.8, 4) is 23.1 Å². The van der Waals surface area contributed by atoms with Crippen molar-refractivity contribution in [1.29, 1.82) is 5.26 Å². The Balaban J connectivity index is 1.73. The number of benzene rings is 2. The highest BCUT2D eigenvalue weighted by Crippen LogP contribution is 2.28. The molecule has 0 aliphatic rings. The van der Waals surface area contributed by atoms with Crippen LogP contribution in [0.3, 0.4) is 0 Å². The van der Waals surface area contributed by atoms with E-state index in [-0.39, 0.29) is 0 Å². The first-order chi connectivity index (χ1) is 13.7. The molecule has 3 rings (SSSR count). The van der Waals surface area contributed by atoms with Crippen LogP contribution in [-0.4, -0.2) is 11.6 Å². The lowest BCUT2D eigenvalue weighted by Gasteiger charge is -2.07. The maximum atomic E-state index is 9.56. The quantitative estimate of drug-likeness (QED) is 0.303. The molecule has 0 amide bonds. The Morgan fingerprint density at radius 3 is 2.93 bits per heavy atom. The molecule has 3 aromatic rings. The molecular formula is C22H20BrN3OS. The molecule has 6 heteroatoms. The smallest absolute Gasteiger partial charge is 0.136 e. The SMILES string of the molecule is CCCCOc1cccc(N/C=C(\C#N)c2nc(-c3cccc(Br)c3)cs2)c1. The monoisotopic (exact) mass is 453 g/mol. The number of halogens is 1. The Kier molecular flexibility index (Phi) is 7.24. The molecule has 0 aliphatic carbocycles. The second-order valence-corrected chi connectivity index (χ2v) is 7.87. The number of allylic oxidation sites excluding steroid dienone is 1. The summed E-state index contributed by atoms with van der Waals surface area (Å²) in [7, 11) is 0. The lowest BCUT2D eigenvalue weighted by molar-refractivity contribution is 0.309. The van der Waals surface area contributed by atoms with Gasteiger partial charge in [-0.1, -0.05) is 47.5 Å². The lowest BCUT2D eigenvalue weighted by Crippen LogP contribution is -1.97. The topological polar surface area (TPSA) is 57.9 Å². The zero-order valence-electron chi connectivity index (χ0n) is 15.5. The van der Waals surface area contributed by atoms with Crippen molar-refractivity contribution in [2.75, 3.05) is 11.9 Å². The number of hydrogen-bond donors (Lipinski definition) is 1. The molecule has 0 bridgehead atoms. The minimum Gasteiger partial charge on any atom is -0.494 e. The summed E-state index contributed by atoms with van der Waals surface area (Å²) in [5.41, 5.74) is 3.22. The number of nitrogens with one attached hydrogen (secondary N) is 1. The van der Waals surface area contributed by atoms with Crippen molar-refractivity contribution in [1.82, 2.24) is 4.98 Å². The number of rotatable bonds is 8. The van der Waals surface area contributed by atoms with Crippen LogP contribution < -0.4 is 10.1 Å². The van der Waals surface area contributed by atoms with Crippen molar-refractivity contribution < 1.29 is 4.74 Å². The molecule has 142 valence electrons. The third-order valence-electron chi connectivity index (χ3n) is 3.96. The normalized spacial score (nSPS) is 11.1. The van der Waals surface area contributed by atoms with Gasteiger partial charge in [-0.3, -0.25) is 0 Å². The van der Waals surface area contributed by atoms with Crippen LogP contribution in [0.25, 0.3) is 16.8 Å². The van der Waals surface area contributed by atoms with Crippen LogP contribution in [0.15, 0.2) is 64.6 Å². The predicted molar refractivity (Wildman–Crippen MR) is 119 cm³/mol. The van der Waals surface area contributed by atoms with Gasteiger partial charge < -0.3 is 10.1 Å². The zero-order valence-corrected chi connectivity index (χ0v) is 17.9. The number of nitrogens with zero attached hydrogens (tertiary/aromatic N) is 2. The number of aromatic nitrogens is 1. The lowest BCUT2D eigenvalue weighted by atomic mass is 10.2. The Morgan fingerprint density at radius 2 is 2.14 bits per heavy atom. The van der Waals surface area contributed by atoms with Gasteiger partial charge >= 0.3 is 0 Å². The molecule has 1 N–H and O–H groups in total. The van der Waals surface area contributed by atoms with Gasteiger partial charge in [0.15, 0.2) is 0 Å². The summed E-state index contributed by atoms with van der Waals surface area (Å²) in [6.07, 6.45) is 3.82. The summed E-state index contributed by atoms with van der Waals surface area (Å²) < 4.78 is 6.73. The first-order valence-corrected chi connectivity index (χ1v) is 10.7. The third kappa shape index (κ3) is 5.44. The molecule has 0 spiro atoms. The minimum atomic E-state index is 0.489. The number of thiazole rings is 1. The van der Waals surface area contributed by atoms with Gasteiger partial charge in [-0.05, 0) is 30.7 Å². The first kappa shape index (κ1) is 20.1. The minimum absolute atomic E-state index is 0.489. The van der Waals surface area contributed by atoms with E-state index in [4.69, 9.17) is 4.74 Å². The predicted octanol–water partition coefficient (Wildman–Crippen LogP) is 6.73. The second-order valence-electron chi connectivity index (χ2n) is 6.09. The average Bonchev–Trinajstić information content (AvgIpc) is 3.19. The third-order valence-corrected chi connectivity index (χ3v) is 5.33. The molecule has 0 saturated heterocycles. The summed E-state index contributed by atoms with van der Waals surface area (Å²) >= 11 is 4.93. The van der Waals surface area contributed by atoms with E-state index in [0.29, 0.717) is 17.2 Å². The van der Waals surface area contributed by atoms with E-state index in [9.17, 15) is 5.26 Å². The van der Waals surface area contributed by atoms with Gasteiger partial charge in [0.25, 0.3) is 0 Å². The van der Waals surface area contributed by atoms with E-state index in [1.54, 1.807) is 6.20 Å². The van der Waals surface area contributed by atoms with Crippen LogP contribution in [0.2, 0.25) is 0 Å². The van der Waals surface area contributed by atoms with E-state index in [0.717, 1.165) is 40.0 Å². The molecule has 0 saturated carbocycles. The molecule has 2 aromatic carbocycles. The molecule has 0 radical (unpaired) electrons. The average molecular weight is 454 g/mol. The largest absolute Gasteiger partial charge is 0.494 e. The molecule has 1 aromatic heterocycles. The van der Waals surface area contributed by atoms with Crippen molar-refractivity contribution in [2.24, 2.45) is 0 Å². The Hall–Kier alpha value is -2.62. The standard InChI is InChI=1S/C22H20BrN3OS/c1-2-3-10-27-20-9-5-8-19(12-20)25-14-17(13-24)22-26-21(15-28-22)16-6-4-7-18(23)11-16/h4-9,11-12,14-15,25H,2-3,10H2,1H3/b17-14+. The van der Waals surface area contributed by atoms with Crippen LogP contribution in [0.4, 0.5) is 5.69 Å². The number of ether oxygens (including phenoxy) is 1. The van der Waals surface area contributed by atoms with E-state index in [2.05, 4.69) is 39.2 Å². The van der Waals surface area contributed by atoms with Crippen LogP contribution in [0, 0.1) is 11.3 Å². The van der Waals surface area contributed by atoms with Crippen LogP contribution in [0.1, 0.15) is 24.8 Å². The van der Waals surface area contributed by atoms with Crippen LogP contribution in [-0.2, 0) is 0 Å². The van der Waals surface area contributed by atoms with Gasteiger partial charge in [0, 0.05) is 33.4 Å². The second kappa shape index (κ2) is 10.1. The molecule has 0 unspecified atom stereocenters. The molecule has 1 heterocycles. The summed E-state index contributed by atoms with van der Waals surface area (Å²) in [4.78, 5) is 4.61. The summed E-state index contributed by atoms with van der Waals surface area (Å²) in [5.74, 6) is 0.816. The van der Waals surface area contributed by atoms with Crippen LogP contribution >= 0.6 is 27.3 Å². The Bertz CT molecular complexity index is 1010. The maximum absolute atomic E-state index is 9.56. The van der Waals surface area contributed by atoms with Gasteiger partial charge in [0.1, 0.15) is 22.4 Å². The van der Waals surface area contributed by atoms with Gasteiger partial charge in [-0.15, -0.1) is 11.3 Å². The zero-order chi connectivity index (χ0) is 19.8. The van der Waals surface area contributed by atoms with Crippen molar-refractivity contribution in [3.05, 3.63) is 69.6 Å². The highest BCUT2D eigenvalue weighted by atomic mass is 79.9. The van der Waals surface area contributed by atoms with Crippen LogP contribution in [0.5, 0.6) is 5.75 Å². The summed E-state index contributed by atoms with van der Waals surface area (Å²) in [5, 5.41) is 15.4. The fraction of sp³-hybridized carbons (Fsp3) is 0.182. The van der Waals surface area contributed by atoms with E-state index in [1.165, 1.54) is 11.3 Å². The molecule has 0 fully saturated rings. The van der Waals surface area contributed by atoms with Gasteiger partial charge in [-0.25, -0.2) is 4.98 Å². The number of nitriles is 1. The van der Waals surface area contributed by atoms with E-state index < -0.39 is 0 Å². The first-order valence-electron chi connectivity index (χ1n) is 9.01. The highest BCUT2D eigenvalue weighted by molar-refractivity contribution is 9.10. The fourth-order valence-electron chi connectivity index (χ4n) is 2.49. The molecule has 0 aliphatic heterocycles. The summed E-state index contributed by atoms with van der Waals surface area (Å²) in [6.45, 7) is 2.84. The fourth-order valence-corrected chi connectivity index (χ4v) is 3.68. The van der Waals surface area contributed by atoms with Gasteiger partial charge in [0.2, 0.25) is 0 Å². The van der Waals surface area contributed by atoms with Crippen molar-refractivity contribution in [2.45, 2.75) is 19.8 Å². The van der Waals surface area contributed by atoms with Gasteiger partial charge in [-0.2, -0.15) is 5.26 Å². The van der Waals surface area contributed by atoms with Gasteiger partial charge in [0.05, 0.1) is 12.3 Å². The summed E-state index contributed by atoms with van der Waals surface area (Å²) in [6, 6.07) is 17.9. The van der Waals surface area contributed by atoms with E-state index >= 15 is 0 Å². The number of unbranched alkanes of at least 4 members (excludes halogenated alkanes) is 1. The number of anilines is 1. The van der Waals surface area contributed by atoms with Crippen molar-refractivity contribution >= 4 is 38.5 Å². The Morgan fingerprint density at radius 1 is 1.29 bits per heavy atom. The van der Waals surface area contributed by atoms with Crippen molar-refractivity contribution in [3.63, 3.8) is 0 Å². The molecule has 0 atom stereocenters.